The van der Waals surface area contributed by atoms with Crippen LogP contribution in [0.15, 0.2) is 36.4 Å². The van der Waals surface area contributed by atoms with Crippen molar-refractivity contribution in [2.45, 2.75) is 18.4 Å². The molecule has 2 aromatic rings. The number of rotatable bonds is 2. The maximum absolute atomic E-state index is 13.3. The summed E-state index contributed by atoms with van der Waals surface area (Å²) in [4.78, 5) is 0. The molecular formula is C15H11ClF2O. The SMILES string of the molecule is OC(c1cc(F)c(F)cc1Cl)C1Cc2ccccc21. The maximum atomic E-state index is 13.3. The average Bonchev–Trinajstić information content (AvgIpc) is 2.35. The Morgan fingerprint density at radius 2 is 1.84 bits per heavy atom. The molecule has 1 nitrogen and oxygen atoms in total. The average molecular weight is 281 g/mol. The van der Waals surface area contributed by atoms with E-state index in [4.69, 9.17) is 11.6 Å². The molecule has 0 saturated carbocycles. The zero-order chi connectivity index (χ0) is 13.6. The minimum Gasteiger partial charge on any atom is -0.388 e. The van der Waals surface area contributed by atoms with Crippen molar-refractivity contribution in [1.29, 1.82) is 0 Å². The molecule has 0 bridgehead atoms. The fourth-order valence-corrected chi connectivity index (χ4v) is 2.82. The second-order valence-electron chi connectivity index (χ2n) is 4.74. The van der Waals surface area contributed by atoms with Crippen LogP contribution in [0.3, 0.4) is 0 Å². The Morgan fingerprint density at radius 1 is 1.16 bits per heavy atom. The van der Waals surface area contributed by atoms with Gasteiger partial charge in [-0.3, -0.25) is 0 Å². The number of benzene rings is 2. The summed E-state index contributed by atoms with van der Waals surface area (Å²) in [6.07, 6.45) is -0.204. The van der Waals surface area contributed by atoms with E-state index in [9.17, 15) is 13.9 Å². The standard InChI is InChI=1S/C15H11ClF2O/c16-12-7-14(18)13(17)6-11(12)15(19)10-5-8-3-1-2-4-9(8)10/h1-4,6-7,10,15,19H,5H2. The number of halogens is 3. The quantitative estimate of drug-likeness (QED) is 0.825. The lowest BCUT2D eigenvalue weighted by Gasteiger charge is -2.34. The van der Waals surface area contributed by atoms with Gasteiger partial charge in [0.25, 0.3) is 0 Å². The van der Waals surface area contributed by atoms with Crippen molar-refractivity contribution >= 4 is 11.6 Å². The predicted octanol–water partition coefficient (Wildman–Crippen LogP) is 3.99. The predicted molar refractivity (Wildman–Crippen MR) is 69.2 cm³/mol. The summed E-state index contributed by atoms with van der Waals surface area (Å²) in [5.41, 5.74) is 2.45. The molecule has 4 heteroatoms. The molecule has 0 radical (unpaired) electrons. The van der Waals surface area contributed by atoms with Gasteiger partial charge in [-0.25, -0.2) is 8.78 Å². The molecule has 2 atom stereocenters. The number of hydrogen-bond acceptors (Lipinski definition) is 1. The molecule has 0 spiro atoms. The van der Waals surface area contributed by atoms with Crippen LogP contribution in [-0.2, 0) is 6.42 Å². The molecule has 1 aliphatic carbocycles. The van der Waals surface area contributed by atoms with Crippen molar-refractivity contribution in [3.8, 4) is 0 Å². The van der Waals surface area contributed by atoms with Crippen LogP contribution < -0.4 is 0 Å². The number of fused-ring (bicyclic) bond motifs is 1. The molecular weight excluding hydrogens is 270 g/mol. The summed E-state index contributed by atoms with van der Waals surface area (Å²) in [7, 11) is 0. The molecule has 2 aromatic carbocycles. The highest BCUT2D eigenvalue weighted by molar-refractivity contribution is 6.31. The largest absolute Gasteiger partial charge is 0.388 e. The molecule has 0 aliphatic heterocycles. The lowest BCUT2D eigenvalue weighted by molar-refractivity contribution is 0.134. The summed E-state index contributed by atoms with van der Waals surface area (Å²) in [6, 6.07) is 9.63. The Balaban J connectivity index is 1.94. The molecule has 0 aromatic heterocycles. The molecule has 19 heavy (non-hydrogen) atoms. The fraction of sp³-hybridized carbons (Fsp3) is 0.200. The van der Waals surface area contributed by atoms with Crippen molar-refractivity contribution in [3.63, 3.8) is 0 Å². The summed E-state index contributed by atoms with van der Waals surface area (Å²) in [6.45, 7) is 0. The van der Waals surface area contributed by atoms with Crippen LogP contribution in [0.5, 0.6) is 0 Å². The molecule has 0 amide bonds. The van der Waals surface area contributed by atoms with Gasteiger partial charge in [-0.1, -0.05) is 35.9 Å². The van der Waals surface area contributed by atoms with Gasteiger partial charge in [0, 0.05) is 16.5 Å². The lowest BCUT2D eigenvalue weighted by atomic mass is 9.73. The first-order chi connectivity index (χ1) is 9.08. The molecule has 0 saturated heterocycles. The zero-order valence-electron chi connectivity index (χ0n) is 9.91. The normalized spacial score (nSPS) is 18.6. The highest BCUT2D eigenvalue weighted by Gasteiger charge is 2.33. The monoisotopic (exact) mass is 280 g/mol. The zero-order valence-corrected chi connectivity index (χ0v) is 10.7. The van der Waals surface area contributed by atoms with Crippen LogP contribution in [-0.4, -0.2) is 5.11 Å². The summed E-state index contributed by atoms with van der Waals surface area (Å²) in [5.74, 6) is -2.11. The Hall–Kier alpha value is -1.45. The second kappa shape index (κ2) is 4.58. The van der Waals surface area contributed by atoms with E-state index in [-0.39, 0.29) is 16.5 Å². The van der Waals surface area contributed by atoms with E-state index in [0.29, 0.717) is 6.42 Å². The van der Waals surface area contributed by atoms with Gasteiger partial charge in [0.1, 0.15) is 0 Å². The van der Waals surface area contributed by atoms with E-state index in [2.05, 4.69) is 0 Å². The van der Waals surface area contributed by atoms with E-state index >= 15 is 0 Å². The fourth-order valence-electron chi connectivity index (χ4n) is 2.56. The van der Waals surface area contributed by atoms with Gasteiger partial charge >= 0.3 is 0 Å². The number of hydrogen-bond donors (Lipinski definition) is 1. The van der Waals surface area contributed by atoms with Gasteiger partial charge in [0.05, 0.1) is 6.10 Å². The molecule has 0 heterocycles. The first kappa shape index (κ1) is 12.6. The van der Waals surface area contributed by atoms with Crippen molar-refractivity contribution in [1.82, 2.24) is 0 Å². The highest BCUT2D eigenvalue weighted by atomic mass is 35.5. The van der Waals surface area contributed by atoms with E-state index in [1.807, 2.05) is 24.3 Å². The smallest absolute Gasteiger partial charge is 0.160 e. The van der Waals surface area contributed by atoms with Crippen LogP contribution >= 0.6 is 11.6 Å². The third-order valence-electron chi connectivity index (χ3n) is 3.63. The molecule has 3 rings (SSSR count). The Bertz CT molecular complexity index is 642. The lowest BCUT2D eigenvalue weighted by Crippen LogP contribution is -2.23. The maximum Gasteiger partial charge on any atom is 0.160 e. The van der Waals surface area contributed by atoms with E-state index in [0.717, 1.165) is 17.7 Å². The minimum absolute atomic E-state index is 0.0516. The highest BCUT2D eigenvalue weighted by Crippen LogP contribution is 2.44. The third-order valence-corrected chi connectivity index (χ3v) is 3.96. The molecule has 98 valence electrons. The summed E-state index contributed by atoms with van der Waals surface area (Å²) < 4.78 is 26.3. The van der Waals surface area contributed by atoms with Crippen LogP contribution in [0, 0.1) is 11.6 Å². The van der Waals surface area contributed by atoms with Crippen LogP contribution in [0.1, 0.15) is 28.7 Å². The summed E-state index contributed by atoms with van der Waals surface area (Å²) >= 11 is 5.88. The molecule has 1 N–H and O–H groups in total. The van der Waals surface area contributed by atoms with Crippen molar-refractivity contribution in [2.24, 2.45) is 0 Å². The van der Waals surface area contributed by atoms with Crippen LogP contribution in [0.25, 0.3) is 0 Å². The van der Waals surface area contributed by atoms with Crippen LogP contribution in [0.2, 0.25) is 5.02 Å². The molecule has 2 unspecified atom stereocenters. The van der Waals surface area contributed by atoms with Gasteiger partial charge in [0.15, 0.2) is 11.6 Å². The topological polar surface area (TPSA) is 20.2 Å². The Labute approximate surface area is 114 Å². The van der Waals surface area contributed by atoms with Crippen molar-refractivity contribution in [3.05, 3.63) is 69.7 Å². The first-order valence-corrected chi connectivity index (χ1v) is 6.36. The van der Waals surface area contributed by atoms with Gasteiger partial charge in [-0.05, 0) is 29.7 Å². The van der Waals surface area contributed by atoms with Crippen LogP contribution in [0.4, 0.5) is 8.78 Å². The Kier molecular flexibility index (Phi) is 3.03. The Morgan fingerprint density at radius 3 is 2.58 bits per heavy atom. The minimum atomic E-state index is -1.00. The number of aliphatic hydroxyl groups excluding tert-OH is 1. The third kappa shape index (κ3) is 2.03. The molecule has 1 aliphatic rings. The van der Waals surface area contributed by atoms with E-state index in [1.54, 1.807) is 0 Å². The van der Waals surface area contributed by atoms with Gasteiger partial charge in [0.2, 0.25) is 0 Å². The van der Waals surface area contributed by atoms with Crippen molar-refractivity contribution < 1.29 is 13.9 Å². The van der Waals surface area contributed by atoms with Crippen molar-refractivity contribution in [2.75, 3.05) is 0 Å². The summed E-state index contributed by atoms with van der Waals surface area (Å²) in [5, 5.41) is 10.4. The van der Waals surface area contributed by atoms with E-state index in [1.165, 1.54) is 5.56 Å². The first-order valence-electron chi connectivity index (χ1n) is 5.98. The number of aliphatic hydroxyl groups is 1. The molecule has 0 fully saturated rings. The van der Waals surface area contributed by atoms with E-state index < -0.39 is 17.7 Å². The second-order valence-corrected chi connectivity index (χ2v) is 5.15. The van der Waals surface area contributed by atoms with Gasteiger partial charge in [-0.2, -0.15) is 0 Å². The van der Waals surface area contributed by atoms with Gasteiger partial charge < -0.3 is 5.11 Å². The van der Waals surface area contributed by atoms with Gasteiger partial charge in [-0.15, -0.1) is 0 Å².